The van der Waals surface area contributed by atoms with E-state index in [1.165, 1.54) is 12.5 Å². The maximum absolute atomic E-state index is 11.8. The highest BCUT2D eigenvalue weighted by Gasteiger charge is 2.63. The molecule has 6 nitrogen and oxygen atoms in total. The molecule has 5 atom stereocenters. The van der Waals surface area contributed by atoms with Crippen molar-refractivity contribution < 1.29 is 29.6 Å². The average Bonchev–Trinajstić information content (AvgIpc) is 3.20. The number of esters is 1. The second-order valence-electron chi connectivity index (χ2n) is 11.5. The van der Waals surface area contributed by atoms with Crippen molar-refractivity contribution in [2.24, 2.45) is 17.3 Å². The van der Waals surface area contributed by atoms with Gasteiger partial charge in [-0.3, -0.25) is 9.59 Å². The zero-order valence-electron chi connectivity index (χ0n) is 24.0. The molecule has 0 heterocycles. The number of rotatable bonds is 12. The molecule has 2 rings (SSSR count). The number of aldehydes is 1. The normalized spacial score (nSPS) is 30.9. The fraction of sp³-hybridized carbons (Fsp3) is 0.625. The molecule has 212 valence electrons. The van der Waals surface area contributed by atoms with Crippen LogP contribution in [0.3, 0.4) is 0 Å². The van der Waals surface area contributed by atoms with Crippen LogP contribution in [0.25, 0.3) is 0 Å². The SMILES string of the molecule is C=C(/C=C/C=C(/CCC=C(C)C)COC(C)=O)[C@H]1CC[C@]2([C@H](CCCO)/C(=C(/C)C=O)CC[C@]2(C)O)[C@@H]1O. The van der Waals surface area contributed by atoms with E-state index in [9.17, 15) is 24.9 Å². The summed E-state index contributed by atoms with van der Waals surface area (Å²) in [4.78, 5) is 23.0. The highest BCUT2D eigenvalue weighted by atomic mass is 16.5. The topological polar surface area (TPSA) is 104 Å². The summed E-state index contributed by atoms with van der Waals surface area (Å²) < 4.78 is 5.22. The lowest BCUT2D eigenvalue weighted by Crippen LogP contribution is -2.59. The zero-order valence-corrected chi connectivity index (χ0v) is 24.0. The van der Waals surface area contributed by atoms with Crippen LogP contribution in [0.2, 0.25) is 0 Å². The van der Waals surface area contributed by atoms with Crippen LogP contribution in [0.15, 0.2) is 58.7 Å². The van der Waals surface area contributed by atoms with Gasteiger partial charge in [-0.25, -0.2) is 0 Å². The molecule has 3 N–H and O–H groups in total. The number of carbonyl (C=O) groups is 2. The van der Waals surface area contributed by atoms with Gasteiger partial charge >= 0.3 is 5.97 Å². The summed E-state index contributed by atoms with van der Waals surface area (Å²) in [5, 5.41) is 33.1. The lowest BCUT2D eigenvalue weighted by Gasteiger charge is -2.55. The second kappa shape index (κ2) is 14.2. The van der Waals surface area contributed by atoms with Gasteiger partial charge in [0.2, 0.25) is 0 Å². The molecule has 1 spiro atoms. The quantitative estimate of drug-likeness (QED) is 0.101. The standard InChI is InChI=1S/C32H48O6/c1-22(2)10-7-12-26(21-38-25(5)35)13-8-11-23(3)28-16-18-32(30(28)36)29(14-9-19-33)27(24(4)20-34)15-17-31(32,6)37/h8,10-11,13,20,28-30,33,36-37H,3,7,9,12,14-19,21H2,1-2,4-6H3/b11-8+,26-13-,27-24-/t28-,29-,30-,31+,32+/m1/s1. The molecule has 0 aromatic rings. The summed E-state index contributed by atoms with van der Waals surface area (Å²) in [5.41, 5.74) is 2.74. The molecule has 38 heavy (non-hydrogen) atoms. The third-order valence-electron chi connectivity index (χ3n) is 8.64. The van der Waals surface area contributed by atoms with Crippen LogP contribution in [0, 0.1) is 17.3 Å². The maximum Gasteiger partial charge on any atom is 0.302 e. The number of hydrogen-bond donors (Lipinski definition) is 3. The molecule has 2 saturated carbocycles. The average molecular weight is 529 g/mol. The van der Waals surface area contributed by atoms with E-state index >= 15 is 0 Å². The number of ether oxygens (including phenoxy) is 1. The number of aliphatic hydroxyl groups excluding tert-OH is 2. The van der Waals surface area contributed by atoms with Gasteiger partial charge in [-0.1, -0.05) is 42.0 Å². The van der Waals surface area contributed by atoms with Crippen molar-refractivity contribution in [3.63, 3.8) is 0 Å². The van der Waals surface area contributed by atoms with Crippen LogP contribution in [0.4, 0.5) is 0 Å². The van der Waals surface area contributed by atoms with Crippen LogP contribution >= 0.6 is 0 Å². The van der Waals surface area contributed by atoms with E-state index in [0.29, 0.717) is 44.1 Å². The van der Waals surface area contributed by atoms with Crippen LogP contribution in [0.5, 0.6) is 0 Å². The van der Waals surface area contributed by atoms with Gasteiger partial charge in [0.15, 0.2) is 0 Å². The minimum atomic E-state index is -1.11. The molecule has 0 aliphatic heterocycles. The summed E-state index contributed by atoms with van der Waals surface area (Å²) in [5.74, 6) is -0.744. The van der Waals surface area contributed by atoms with E-state index in [-0.39, 0.29) is 31.0 Å². The van der Waals surface area contributed by atoms with E-state index in [2.05, 4.69) is 26.5 Å². The zero-order chi connectivity index (χ0) is 28.5. The van der Waals surface area contributed by atoms with Crippen LogP contribution in [0.1, 0.15) is 86.0 Å². The number of allylic oxidation sites excluding steroid dienone is 7. The molecule has 0 unspecified atom stereocenters. The Morgan fingerprint density at radius 3 is 2.53 bits per heavy atom. The summed E-state index contributed by atoms with van der Waals surface area (Å²) in [6.45, 7) is 13.6. The number of aliphatic hydroxyl groups is 3. The lowest BCUT2D eigenvalue weighted by atomic mass is 9.52. The van der Waals surface area contributed by atoms with Gasteiger partial charge < -0.3 is 20.1 Å². The minimum Gasteiger partial charge on any atom is -0.461 e. The first-order valence-corrected chi connectivity index (χ1v) is 13.9. The van der Waals surface area contributed by atoms with Crippen molar-refractivity contribution in [2.75, 3.05) is 13.2 Å². The Hall–Kier alpha value is -2.28. The van der Waals surface area contributed by atoms with Crippen molar-refractivity contribution in [1.82, 2.24) is 0 Å². The molecular weight excluding hydrogens is 480 g/mol. The van der Waals surface area contributed by atoms with Crippen LogP contribution in [-0.4, -0.2) is 52.5 Å². The van der Waals surface area contributed by atoms with Gasteiger partial charge in [0.25, 0.3) is 0 Å². The molecule has 0 saturated heterocycles. The first kappa shape index (κ1) is 31.9. The Morgan fingerprint density at radius 1 is 1.21 bits per heavy atom. The van der Waals surface area contributed by atoms with Crippen molar-refractivity contribution in [2.45, 2.75) is 97.7 Å². The Morgan fingerprint density at radius 2 is 1.92 bits per heavy atom. The summed E-state index contributed by atoms with van der Waals surface area (Å²) in [7, 11) is 0. The van der Waals surface area contributed by atoms with Gasteiger partial charge in [-0.2, -0.15) is 0 Å². The first-order valence-electron chi connectivity index (χ1n) is 13.9. The van der Waals surface area contributed by atoms with Gasteiger partial charge in [0.1, 0.15) is 12.9 Å². The van der Waals surface area contributed by atoms with Crippen molar-refractivity contribution in [3.8, 4) is 0 Å². The molecule has 0 radical (unpaired) electrons. The van der Waals surface area contributed by atoms with E-state index < -0.39 is 17.1 Å². The summed E-state index contributed by atoms with van der Waals surface area (Å²) in [6.07, 6.45) is 13.1. The van der Waals surface area contributed by atoms with E-state index in [4.69, 9.17) is 4.74 Å². The van der Waals surface area contributed by atoms with E-state index in [0.717, 1.165) is 35.8 Å². The molecule has 2 aliphatic rings. The molecule has 2 fully saturated rings. The Labute approximate surface area is 228 Å². The van der Waals surface area contributed by atoms with E-state index in [1.54, 1.807) is 6.92 Å². The smallest absolute Gasteiger partial charge is 0.302 e. The third kappa shape index (κ3) is 7.43. The van der Waals surface area contributed by atoms with Crippen molar-refractivity contribution in [3.05, 3.63) is 58.7 Å². The first-order chi connectivity index (χ1) is 17.9. The molecule has 0 amide bonds. The second-order valence-corrected chi connectivity index (χ2v) is 11.5. The summed E-state index contributed by atoms with van der Waals surface area (Å²) >= 11 is 0. The largest absolute Gasteiger partial charge is 0.461 e. The lowest BCUT2D eigenvalue weighted by molar-refractivity contribution is -0.167. The maximum atomic E-state index is 11.8. The van der Waals surface area contributed by atoms with Crippen molar-refractivity contribution >= 4 is 12.3 Å². The molecule has 2 aliphatic carbocycles. The number of carbonyl (C=O) groups excluding carboxylic acids is 2. The summed E-state index contributed by atoms with van der Waals surface area (Å²) in [6, 6.07) is 0. The number of hydrogen-bond acceptors (Lipinski definition) is 6. The van der Waals surface area contributed by atoms with Gasteiger partial charge in [-0.05, 0) is 102 Å². The van der Waals surface area contributed by atoms with Crippen LogP contribution in [-0.2, 0) is 14.3 Å². The van der Waals surface area contributed by atoms with Crippen LogP contribution < -0.4 is 0 Å². The minimum absolute atomic E-state index is 0.0206. The molecule has 0 aromatic heterocycles. The molecule has 0 aromatic carbocycles. The highest BCUT2D eigenvalue weighted by Crippen LogP contribution is 2.62. The van der Waals surface area contributed by atoms with E-state index in [1.807, 2.05) is 25.2 Å². The Bertz CT molecular complexity index is 978. The van der Waals surface area contributed by atoms with Gasteiger partial charge in [-0.15, -0.1) is 0 Å². The third-order valence-corrected chi connectivity index (χ3v) is 8.64. The predicted octanol–water partition coefficient (Wildman–Crippen LogP) is 5.54. The molecular formula is C32H48O6. The Balaban J connectivity index is 2.31. The highest BCUT2D eigenvalue weighted by molar-refractivity contribution is 5.74. The fourth-order valence-electron chi connectivity index (χ4n) is 6.54. The van der Waals surface area contributed by atoms with Gasteiger partial charge in [0, 0.05) is 24.9 Å². The fourth-order valence-corrected chi connectivity index (χ4v) is 6.54. The predicted molar refractivity (Wildman–Crippen MR) is 151 cm³/mol. The monoisotopic (exact) mass is 528 g/mol. The molecule has 0 bridgehead atoms. The van der Waals surface area contributed by atoms with Crippen molar-refractivity contribution in [1.29, 1.82) is 0 Å². The molecule has 6 heteroatoms. The van der Waals surface area contributed by atoms with Gasteiger partial charge in [0.05, 0.1) is 11.7 Å². The Kier molecular flexibility index (Phi) is 11.9.